The Kier molecular flexibility index (Phi) is 3.16. The predicted octanol–water partition coefficient (Wildman–Crippen LogP) is 1.82. The molecule has 3 heterocycles. The fourth-order valence-corrected chi connectivity index (χ4v) is 4.31. The smallest absolute Gasteiger partial charge is 0.289 e. The van der Waals surface area contributed by atoms with Gasteiger partial charge in [-0.1, -0.05) is 23.9 Å². The van der Waals surface area contributed by atoms with Crippen LogP contribution in [0.15, 0.2) is 24.3 Å². The van der Waals surface area contributed by atoms with Crippen molar-refractivity contribution in [2.75, 3.05) is 18.8 Å². The molecule has 112 valence electrons. The van der Waals surface area contributed by atoms with Crippen LogP contribution >= 0.6 is 23.1 Å². The van der Waals surface area contributed by atoms with Gasteiger partial charge in [-0.15, -0.1) is 11.3 Å². The summed E-state index contributed by atoms with van der Waals surface area (Å²) in [7, 11) is 0. The summed E-state index contributed by atoms with van der Waals surface area (Å²) >= 11 is 2.39. The number of fused-ring (bicyclic) bond motifs is 1. The molecular weight excluding hydrogens is 322 g/mol. The molecule has 2 fully saturated rings. The van der Waals surface area contributed by atoms with Crippen molar-refractivity contribution >= 4 is 50.4 Å². The number of para-hydroxylation sites is 1. The number of rotatable bonds is 2. The van der Waals surface area contributed by atoms with Crippen LogP contribution < -0.4 is 0 Å². The molecule has 0 radical (unpaired) electrons. The third kappa shape index (κ3) is 2.10. The van der Waals surface area contributed by atoms with Crippen molar-refractivity contribution in [1.82, 2.24) is 14.8 Å². The molecule has 22 heavy (non-hydrogen) atoms. The number of thiazole rings is 1. The fraction of sp³-hybridized carbons (Fsp3) is 0.286. The molecule has 2 aromatic rings. The van der Waals surface area contributed by atoms with Crippen LogP contribution in [0.4, 0.5) is 4.79 Å². The summed E-state index contributed by atoms with van der Waals surface area (Å²) in [6.45, 7) is 0.791. The second-order valence-electron chi connectivity index (χ2n) is 5.17. The van der Waals surface area contributed by atoms with Crippen LogP contribution in [0.2, 0.25) is 0 Å². The van der Waals surface area contributed by atoms with Gasteiger partial charge >= 0.3 is 0 Å². The van der Waals surface area contributed by atoms with Gasteiger partial charge < -0.3 is 4.90 Å². The highest BCUT2D eigenvalue weighted by molar-refractivity contribution is 8.14. The molecule has 0 atom stereocenters. The molecule has 1 aromatic heterocycles. The van der Waals surface area contributed by atoms with Crippen molar-refractivity contribution in [2.45, 2.75) is 6.04 Å². The minimum atomic E-state index is -0.206. The van der Waals surface area contributed by atoms with Crippen molar-refractivity contribution in [3.63, 3.8) is 0 Å². The van der Waals surface area contributed by atoms with Crippen molar-refractivity contribution in [2.24, 2.45) is 0 Å². The largest absolute Gasteiger partial charge is 0.332 e. The van der Waals surface area contributed by atoms with Gasteiger partial charge in [0.05, 0.1) is 22.0 Å². The second kappa shape index (κ2) is 5.06. The van der Waals surface area contributed by atoms with Gasteiger partial charge in [0.15, 0.2) is 5.01 Å². The summed E-state index contributed by atoms with van der Waals surface area (Å²) < 4.78 is 0.976. The van der Waals surface area contributed by atoms with E-state index >= 15 is 0 Å². The number of hydrogen-bond donors (Lipinski definition) is 0. The summed E-state index contributed by atoms with van der Waals surface area (Å²) in [5.41, 5.74) is 0.814. The first-order valence-electron chi connectivity index (χ1n) is 6.77. The molecule has 0 saturated carbocycles. The number of amides is 3. The Bertz CT molecular complexity index is 748. The first kappa shape index (κ1) is 13.7. The number of aromatic nitrogens is 1. The van der Waals surface area contributed by atoms with Gasteiger partial charge in [-0.05, 0) is 12.1 Å². The molecular formula is C14H11N3O3S2. The number of benzene rings is 1. The molecule has 1 aromatic carbocycles. The molecule has 2 saturated heterocycles. The topological polar surface area (TPSA) is 70.6 Å². The standard InChI is InChI=1S/C14H11N3O3S2/c18-11-7-21-14(20)17(11)8-5-16(6-8)13(19)12-15-9-3-1-2-4-10(9)22-12/h1-4,8H,5-7H2. The zero-order chi connectivity index (χ0) is 15.3. The lowest BCUT2D eigenvalue weighted by molar-refractivity contribution is -0.128. The van der Waals surface area contributed by atoms with E-state index in [1.54, 1.807) is 4.90 Å². The quantitative estimate of drug-likeness (QED) is 0.838. The van der Waals surface area contributed by atoms with Crippen LogP contribution in [-0.2, 0) is 4.79 Å². The molecule has 2 aliphatic heterocycles. The maximum Gasteiger partial charge on any atom is 0.289 e. The van der Waals surface area contributed by atoms with E-state index in [4.69, 9.17) is 0 Å². The van der Waals surface area contributed by atoms with Gasteiger partial charge in [0, 0.05) is 13.1 Å². The third-order valence-corrected chi connectivity index (χ3v) is 5.64. The maximum atomic E-state index is 12.4. The van der Waals surface area contributed by atoms with Crippen molar-refractivity contribution in [1.29, 1.82) is 0 Å². The van der Waals surface area contributed by atoms with Gasteiger partial charge in [-0.2, -0.15) is 0 Å². The molecule has 8 heteroatoms. The highest BCUT2D eigenvalue weighted by Crippen LogP contribution is 2.28. The number of likely N-dealkylation sites (tertiary alicyclic amines) is 1. The molecule has 0 aliphatic carbocycles. The van der Waals surface area contributed by atoms with Crippen molar-refractivity contribution < 1.29 is 14.4 Å². The molecule has 0 bridgehead atoms. The maximum absolute atomic E-state index is 12.4. The lowest BCUT2D eigenvalue weighted by Crippen LogP contribution is -2.62. The number of thioether (sulfide) groups is 1. The average Bonchev–Trinajstić information content (AvgIpc) is 3.03. The first-order chi connectivity index (χ1) is 10.6. The number of carbonyl (C=O) groups is 3. The number of carbonyl (C=O) groups excluding carboxylic acids is 3. The average molecular weight is 333 g/mol. The van der Waals surface area contributed by atoms with E-state index in [1.165, 1.54) is 16.2 Å². The van der Waals surface area contributed by atoms with E-state index in [2.05, 4.69) is 4.98 Å². The van der Waals surface area contributed by atoms with E-state index in [0.29, 0.717) is 18.1 Å². The highest BCUT2D eigenvalue weighted by atomic mass is 32.2. The third-order valence-electron chi connectivity index (χ3n) is 3.78. The van der Waals surface area contributed by atoms with Gasteiger partial charge in [0.25, 0.3) is 11.1 Å². The summed E-state index contributed by atoms with van der Waals surface area (Å²) in [6.07, 6.45) is 0. The van der Waals surface area contributed by atoms with E-state index < -0.39 is 0 Å². The van der Waals surface area contributed by atoms with E-state index in [1.807, 2.05) is 24.3 Å². The molecule has 0 spiro atoms. The van der Waals surface area contributed by atoms with Crippen LogP contribution in [0.5, 0.6) is 0 Å². The minimum absolute atomic E-state index is 0.135. The molecule has 4 rings (SSSR count). The summed E-state index contributed by atoms with van der Waals surface area (Å²) in [6, 6.07) is 7.42. The van der Waals surface area contributed by atoms with Gasteiger partial charge in [-0.25, -0.2) is 4.98 Å². The molecule has 0 N–H and O–H groups in total. The first-order valence-corrected chi connectivity index (χ1v) is 8.57. The van der Waals surface area contributed by atoms with Crippen molar-refractivity contribution in [3.8, 4) is 0 Å². The highest BCUT2D eigenvalue weighted by Gasteiger charge is 2.43. The van der Waals surface area contributed by atoms with E-state index in [0.717, 1.165) is 22.0 Å². The Balaban J connectivity index is 1.47. The van der Waals surface area contributed by atoms with Crippen LogP contribution in [0.3, 0.4) is 0 Å². The predicted molar refractivity (Wildman–Crippen MR) is 84.0 cm³/mol. The van der Waals surface area contributed by atoms with Crippen LogP contribution in [0, 0.1) is 0 Å². The Hall–Kier alpha value is -1.93. The minimum Gasteiger partial charge on any atom is -0.332 e. The number of hydrogen-bond acceptors (Lipinski definition) is 6. The molecule has 0 unspecified atom stereocenters. The molecule has 6 nitrogen and oxygen atoms in total. The monoisotopic (exact) mass is 333 g/mol. The Morgan fingerprint density at radius 3 is 2.68 bits per heavy atom. The van der Waals surface area contributed by atoms with Crippen LogP contribution in [0.1, 0.15) is 9.80 Å². The lowest BCUT2D eigenvalue weighted by atomic mass is 10.1. The summed E-state index contributed by atoms with van der Waals surface area (Å²) in [5, 5.41) is 0.246. The number of imide groups is 1. The van der Waals surface area contributed by atoms with E-state index in [-0.39, 0.29) is 28.8 Å². The summed E-state index contributed by atoms with van der Waals surface area (Å²) in [4.78, 5) is 43.0. The Morgan fingerprint density at radius 2 is 2.00 bits per heavy atom. The fourth-order valence-electron chi connectivity index (χ4n) is 2.60. The molecule has 3 amide bonds. The second-order valence-corrected chi connectivity index (χ2v) is 7.13. The molecule has 2 aliphatic rings. The van der Waals surface area contributed by atoms with Gasteiger partial charge in [0.2, 0.25) is 5.91 Å². The van der Waals surface area contributed by atoms with E-state index in [9.17, 15) is 14.4 Å². The zero-order valence-electron chi connectivity index (χ0n) is 11.4. The van der Waals surface area contributed by atoms with Gasteiger partial charge in [-0.3, -0.25) is 19.3 Å². The zero-order valence-corrected chi connectivity index (χ0v) is 13.0. The number of nitrogens with zero attached hydrogens (tertiary/aromatic N) is 3. The van der Waals surface area contributed by atoms with Crippen LogP contribution in [0.25, 0.3) is 10.2 Å². The van der Waals surface area contributed by atoms with Crippen molar-refractivity contribution in [3.05, 3.63) is 29.3 Å². The summed E-state index contributed by atoms with van der Waals surface area (Å²) in [5.74, 6) is -0.0856. The lowest BCUT2D eigenvalue weighted by Gasteiger charge is -2.42. The normalized spacial score (nSPS) is 19.1. The Labute approximate surface area is 134 Å². The Morgan fingerprint density at radius 1 is 1.23 bits per heavy atom. The van der Waals surface area contributed by atoms with Gasteiger partial charge in [0.1, 0.15) is 0 Å². The SMILES string of the molecule is O=C(c1nc2ccccc2s1)N1CC(N2C(=O)CSC2=O)C1. The van der Waals surface area contributed by atoms with Crippen LogP contribution in [-0.4, -0.2) is 56.7 Å².